The summed E-state index contributed by atoms with van der Waals surface area (Å²) in [6.45, 7) is 0. The molecule has 5 nitrogen and oxygen atoms in total. The number of nitrogens with two attached hydrogens (primary N) is 1. The SMILES string of the molecule is CNN=C(N)c1cc(-c2ccc(Cl)c(Cl)c2)ncn1. The molecule has 98 valence electrons. The van der Waals surface area contributed by atoms with Gasteiger partial charge in [-0.3, -0.25) is 0 Å². The van der Waals surface area contributed by atoms with Crippen molar-refractivity contribution >= 4 is 29.0 Å². The van der Waals surface area contributed by atoms with Gasteiger partial charge in [0, 0.05) is 12.6 Å². The van der Waals surface area contributed by atoms with Gasteiger partial charge in [0.2, 0.25) is 0 Å². The molecule has 19 heavy (non-hydrogen) atoms. The van der Waals surface area contributed by atoms with Gasteiger partial charge < -0.3 is 11.2 Å². The van der Waals surface area contributed by atoms with Gasteiger partial charge in [0.05, 0.1) is 15.7 Å². The molecule has 1 aromatic heterocycles. The highest BCUT2D eigenvalue weighted by molar-refractivity contribution is 6.42. The minimum atomic E-state index is 0.284. The number of nitrogens with one attached hydrogen (secondary N) is 1. The number of hydrogen-bond donors (Lipinski definition) is 2. The molecule has 2 rings (SSSR count). The third-order valence-corrected chi connectivity index (χ3v) is 3.12. The lowest BCUT2D eigenvalue weighted by Gasteiger charge is -2.05. The Morgan fingerprint density at radius 1 is 1.21 bits per heavy atom. The molecule has 3 N–H and O–H groups in total. The van der Waals surface area contributed by atoms with E-state index in [2.05, 4.69) is 20.5 Å². The molecule has 0 saturated carbocycles. The summed E-state index contributed by atoms with van der Waals surface area (Å²) in [4.78, 5) is 8.24. The van der Waals surface area contributed by atoms with Crippen LogP contribution in [0.5, 0.6) is 0 Å². The summed E-state index contributed by atoms with van der Waals surface area (Å²) in [5.74, 6) is 0.284. The van der Waals surface area contributed by atoms with Crippen LogP contribution < -0.4 is 11.2 Å². The van der Waals surface area contributed by atoms with E-state index in [-0.39, 0.29) is 5.84 Å². The Bertz CT molecular complexity index is 627. The first kappa shape index (κ1) is 13.6. The summed E-state index contributed by atoms with van der Waals surface area (Å²) < 4.78 is 0. The second-order valence-electron chi connectivity index (χ2n) is 3.64. The number of aromatic nitrogens is 2. The van der Waals surface area contributed by atoms with Crippen molar-refractivity contribution in [3.05, 3.63) is 46.3 Å². The quantitative estimate of drug-likeness (QED) is 0.517. The van der Waals surface area contributed by atoms with Crippen LogP contribution >= 0.6 is 23.2 Å². The summed E-state index contributed by atoms with van der Waals surface area (Å²) >= 11 is 11.9. The highest BCUT2D eigenvalue weighted by Gasteiger charge is 2.07. The van der Waals surface area contributed by atoms with Gasteiger partial charge >= 0.3 is 0 Å². The number of halogens is 2. The van der Waals surface area contributed by atoms with Gasteiger partial charge in [-0.25, -0.2) is 9.97 Å². The molecule has 0 aliphatic heterocycles. The van der Waals surface area contributed by atoms with Crippen LogP contribution in [0.1, 0.15) is 5.69 Å². The van der Waals surface area contributed by atoms with E-state index in [1.54, 1.807) is 25.2 Å². The number of hydrazone groups is 1. The Kier molecular flexibility index (Phi) is 4.19. The maximum atomic E-state index is 5.98. The number of amidine groups is 1. The van der Waals surface area contributed by atoms with Crippen molar-refractivity contribution < 1.29 is 0 Å². The standard InChI is InChI=1S/C12H11Cl2N5/c1-16-19-12(15)11-5-10(17-6-18-11)7-2-3-8(13)9(14)4-7/h2-6,16H,1H3,(H2,15,19). The molecule has 7 heteroatoms. The minimum absolute atomic E-state index is 0.284. The lowest BCUT2D eigenvalue weighted by molar-refractivity contribution is 0.895. The van der Waals surface area contributed by atoms with Gasteiger partial charge in [-0.1, -0.05) is 29.3 Å². The van der Waals surface area contributed by atoms with Crippen LogP contribution in [0.15, 0.2) is 35.7 Å². The second kappa shape index (κ2) is 5.86. The zero-order chi connectivity index (χ0) is 13.8. The van der Waals surface area contributed by atoms with Crippen molar-refractivity contribution in [2.24, 2.45) is 10.8 Å². The molecule has 0 unspecified atom stereocenters. The molecule has 0 atom stereocenters. The third-order valence-electron chi connectivity index (χ3n) is 2.38. The summed E-state index contributed by atoms with van der Waals surface area (Å²) in [6.07, 6.45) is 1.42. The maximum absolute atomic E-state index is 5.98. The maximum Gasteiger partial charge on any atom is 0.169 e. The Morgan fingerprint density at radius 3 is 2.68 bits per heavy atom. The fraction of sp³-hybridized carbons (Fsp3) is 0.0833. The number of nitrogens with zero attached hydrogens (tertiary/aromatic N) is 3. The molecular formula is C12H11Cl2N5. The highest BCUT2D eigenvalue weighted by Crippen LogP contribution is 2.27. The van der Waals surface area contributed by atoms with Crippen LogP contribution in [0.4, 0.5) is 0 Å². The molecule has 0 aliphatic carbocycles. The van der Waals surface area contributed by atoms with Crippen molar-refractivity contribution in [1.82, 2.24) is 15.4 Å². The Labute approximate surface area is 120 Å². The van der Waals surface area contributed by atoms with Gasteiger partial charge in [-0.2, -0.15) is 5.10 Å². The van der Waals surface area contributed by atoms with Crippen molar-refractivity contribution in [2.75, 3.05) is 7.05 Å². The molecule has 0 bridgehead atoms. The van der Waals surface area contributed by atoms with Gasteiger partial charge in [-0.15, -0.1) is 0 Å². The first-order valence-corrected chi connectivity index (χ1v) is 6.15. The monoisotopic (exact) mass is 295 g/mol. The molecule has 0 fully saturated rings. The fourth-order valence-corrected chi connectivity index (χ4v) is 1.79. The van der Waals surface area contributed by atoms with Crippen molar-refractivity contribution in [1.29, 1.82) is 0 Å². The predicted molar refractivity (Wildman–Crippen MR) is 77.3 cm³/mol. The van der Waals surface area contributed by atoms with Crippen molar-refractivity contribution in [3.63, 3.8) is 0 Å². The fourth-order valence-electron chi connectivity index (χ4n) is 1.49. The molecule has 1 heterocycles. The van der Waals surface area contributed by atoms with Crippen LogP contribution in [-0.4, -0.2) is 22.9 Å². The normalized spacial score (nSPS) is 11.4. The van der Waals surface area contributed by atoms with Crippen molar-refractivity contribution in [3.8, 4) is 11.3 Å². The van der Waals surface area contributed by atoms with Crippen LogP contribution in [0, 0.1) is 0 Å². The van der Waals surface area contributed by atoms with E-state index in [4.69, 9.17) is 28.9 Å². The minimum Gasteiger partial charge on any atom is -0.380 e. The number of benzene rings is 1. The molecule has 1 aromatic carbocycles. The van der Waals surface area contributed by atoms with E-state index in [9.17, 15) is 0 Å². The van der Waals surface area contributed by atoms with E-state index >= 15 is 0 Å². The van der Waals surface area contributed by atoms with Gasteiger partial charge in [0.25, 0.3) is 0 Å². The lowest BCUT2D eigenvalue weighted by atomic mass is 10.1. The molecule has 0 radical (unpaired) electrons. The lowest BCUT2D eigenvalue weighted by Crippen LogP contribution is -2.18. The Hall–Kier alpha value is -1.85. The van der Waals surface area contributed by atoms with Crippen LogP contribution in [-0.2, 0) is 0 Å². The zero-order valence-electron chi connectivity index (χ0n) is 10.1. The Morgan fingerprint density at radius 2 is 2.00 bits per heavy atom. The average Bonchev–Trinajstić information content (AvgIpc) is 2.42. The molecule has 0 amide bonds. The number of rotatable bonds is 3. The van der Waals surface area contributed by atoms with Gasteiger partial charge in [-0.05, 0) is 18.2 Å². The smallest absolute Gasteiger partial charge is 0.169 e. The largest absolute Gasteiger partial charge is 0.380 e. The van der Waals surface area contributed by atoms with Gasteiger partial charge in [0.15, 0.2) is 5.84 Å². The summed E-state index contributed by atoms with van der Waals surface area (Å²) in [7, 11) is 1.66. The first-order valence-electron chi connectivity index (χ1n) is 5.39. The summed E-state index contributed by atoms with van der Waals surface area (Å²) in [5.41, 5.74) is 10.4. The predicted octanol–water partition coefficient (Wildman–Crippen LogP) is 2.29. The van der Waals surface area contributed by atoms with E-state index < -0.39 is 0 Å². The van der Waals surface area contributed by atoms with Gasteiger partial charge in [0.1, 0.15) is 12.0 Å². The topological polar surface area (TPSA) is 76.2 Å². The van der Waals surface area contributed by atoms with Crippen molar-refractivity contribution in [2.45, 2.75) is 0 Å². The molecule has 0 saturated heterocycles. The molecule has 2 aromatic rings. The summed E-state index contributed by atoms with van der Waals surface area (Å²) in [6, 6.07) is 7.01. The third kappa shape index (κ3) is 3.13. The molecule has 0 aliphatic rings. The van der Waals surface area contributed by atoms with Crippen LogP contribution in [0.25, 0.3) is 11.3 Å². The first-order chi connectivity index (χ1) is 9.11. The van der Waals surface area contributed by atoms with E-state index in [1.165, 1.54) is 6.33 Å². The van der Waals surface area contributed by atoms with Crippen LogP contribution in [0.3, 0.4) is 0 Å². The van der Waals surface area contributed by atoms with Crippen LogP contribution in [0.2, 0.25) is 10.0 Å². The van der Waals surface area contributed by atoms with E-state index in [0.29, 0.717) is 21.4 Å². The second-order valence-corrected chi connectivity index (χ2v) is 4.45. The van der Waals surface area contributed by atoms with E-state index in [0.717, 1.165) is 5.56 Å². The summed E-state index contributed by atoms with van der Waals surface area (Å²) in [5, 5.41) is 4.83. The molecule has 0 spiro atoms. The van der Waals surface area contributed by atoms with E-state index in [1.807, 2.05) is 6.07 Å². The highest BCUT2D eigenvalue weighted by atomic mass is 35.5. The average molecular weight is 296 g/mol. The number of hydrogen-bond acceptors (Lipinski definition) is 4. The Balaban J connectivity index is 2.43. The zero-order valence-corrected chi connectivity index (χ0v) is 11.6. The molecular weight excluding hydrogens is 285 g/mol.